The molecule has 0 aromatic rings. The first-order chi connectivity index (χ1) is 5.31. The quantitative estimate of drug-likeness (QED) is 0.540. The smallest absolute Gasteiger partial charge is 0.0114 e. The molecule has 0 rings (SSSR count). The summed E-state index contributed by atoms with van der Waals surface area (Å²) >= 11 is 0. The summed E-state index contributed by atoms with van der Waals surface area (Å²) in [7, 11) is 0. The van der Waals surface area contributed by atoms with Gasteiger partial charge in [0.25, 0.3) is 0 Å². The Morgan fingerprint density at radius 1 is 1.27 bits per heavy atom. The Balaban J connectivity index is 3.28. The van der Waals surface area contributed by atoms with Crippen molar-refractivity contribution in [2.24, 2.45) is 5.92 Å². The summed E-state index contributed by atoms with van der Waals surface area (Å²) in [5.41, 5.74) is 0. The van der Waals surface area contributed by atoms with E-state index < -0.39 is 0 Å². The van der Waals surface area contributed by atoms with Crippen molar-refractivity contribution >= 4 is 0 Å². The van der Waals surface area contributed by atoms with Gasteiger partial charge in [-0.2, -0.15) is 0 Å². The maximum absolute atomic E-state index is 3.81. The number of hydrogen-bond acceptors (Lipinski definition) is 0. The Morgan fingerprint density at radius 2 is 2.00 bits per heavy atom. The SMILES string of the molecule is [CH2]CC#CCC(C)CCC[CH2]. The minimum absolute atomic E-state index is 0.732. The lowest BCUT2D eigenvalue weighted by atomic mass is 10.0. The first-order valence-electron chi connectivity index (χ1n) is 4.35. The minimum atomic E-state index is 0.732. The molecule has 0 nitrogen and oxygen atoms in total. The summed E-state index contributed by atoms with van der Waals surface area (Å²) in [5, 5.41) is 0. The first kappa shape index (κ1) is 10.6. The Kier molecular flexibility index (Phi) is 7.36. The summed E-state index contributed by atoms with van der Waals surface area (Å²) in [4.78, 5) is 0. The number of rotatable bonds is 4. The van der Waals surface area contributed by atoms with Crippen LogP contribution in [0.5, 0.6) is 0 Å². The lowest BCUT2D eigenvalue weighted by Gasteiger charge is -2.04. The van der Waals surface area contributed by atoms with Crippen molar-refractivity contribution in [3.8, 4) is 11.8 Å². The predicted molar refractivity (Wildman–Crippen MR) is 50.7 cm³/mol. The summed E-state index contributed by atoms with van der Waals surface area (Å²) in [6, 6.07) is 0. The molecule has 0 bridgehead atoms. The monoisotopic (exact) mass is 150 g/mol. The molecule has 0 aromatic carbocycles. The highest BCUT2D eigenvalue weighted by molar-refractivity contribution is 5.00. The Bertz CT molecular complexity index is 125. The van der Waals surface area contributed by atoms with E-state index in [1.807, 2.05) is 0 Å². The lowest BCUT2D eigenvalue weighted by molar-refractivity contribution is 0.525. The van der Waals surface area contributed by atoms with E-state index in [4.69, 9.17) is 0 Å². The van der Waals surface area contributed by atoms with Gasteiger partial charge in [0.2, 0.25) is 0 Å². The van der Waals surface area contributed by atoms with Crippen LogP contribution >= 0.6 is 0 Å². The number of hydrogen-bond donors (Lipinski definition) is 0. The summed E-state index contributed by atoms with van der Waals surface area (Å²) < 4.78 is 0. The van der Waals surface area contributed by atoms with Crippen LogP contribution in [-0.4, -0.2) is 0 Å². The van der Waals surface area contributed by atoms with Crippen molar-refractivity contribution in [2.45, 2.75) is 39.0 Å². The van der Waals surface area contributed by atoms with Gasteiger partial charge in [-0.1, -0.05) is 26.7 Å². The molecule has 0 aliphatic carbocycles. The van der Waals surface area contributed by atoms with E-state index in [1.54, 1.807) is 0 Å². The van der Waals surface area contributed by atoms with Gasteiger partial charge in [0.05, 0.1) is 0 Å². The van der Waals surface area contributed by atoms with E-state index in [2.05, 4.69) is 32.6 Å². The Morgan fingerprint density at radius 3 is 2.55 bits per heavy atom. The summed E-state index contributed by atoms with van der Waals surface area (Å²) in [6.07, 6.45) is 5.30. The second kappa shape index (κ2) is 7.66. The zero-order chi connectivity index (χ0) is 8.53. The molecule has 0 fully saturated rings. The molecule has 0 aliphatic rings. The molecule has 0 spiro atoms. The van der Waals surface area contributed by atoms with E-state index in [0.29, 0.717) is 0 Å². The third-order valence-corrected chi connectivity index (χ3v) is 1.65. The van der Waals surface area contributed by atoms with E-state index in [1.165, 1.54) is 12.8 Å². The van der Waals surface area contributed by atoms with Crippen LogP contribution in [0.4, 0.5) is 0 Å². The molecule has 0 saturated carbocycles. The zero-order valence-electron chi connectivity index (χ0n) is 7.53. The maximum atomic E-state index is 3.81. The molecular formula is C11H18. The van der Waals surface area contributed by atoms with Crippen LogP contribution in [0.25, 0.3) is 0 Å². The molecule has 0 saturated heterocycles. The fourth-order valence-electron chi connectivity index (χ4n) is 0.930. The van der Waals surface area contributed by atoms with Gasteiger partial charge in [0.15, 0.2) is 0 Å². The molecule has 0 heteroatoms. The molecule has 0 amide bonds. The third-order valence-electron chi connectivity index (χ3n) is 1.65. The van der Waals surface area contributed by atoms with Crippen LogP contribution in [0.1, 0.15) is 39.0 Å². The molecule has 1 unspecified atom stereocenters. The van der Waals surface area contributed by atoms with Gasteiger partial charge >= 0.3 is 0 Å². The van der Waals surface area contributed by atoms with Gasteiger partial charge in [0.1, 0.15) is 0 Å². The highest BCUT2D eigenvalue weighted by atomic mass is 14.0. The summed E-state index contributed by atoms with van der Waals surface area (Å²) in [6.45, 7) is 9.71. The van der Waals surface area contributed by atoms with Crippen molar-refractivity contribution in [1.29, 1.82) is 0 Å². The average molecular weight is 150 g/mol. The number of unbranched alkanes of at least 4 members (excludes halogenated alkanes) is 1. The van der Waals surface area contributed by atoms with Gasteiger partial charge in [-0.25, -0.2) is 0 Å². The van der Waals surface area contributed by atoms with E-state index >= 15 is 0 Å². The molecule has 0 heterocycles. The van der Waals surface area contributed by atoms with Crippen molar-refractivity contribution in [3.05, 3.63) is 13.8 Å². The molecule has 1 atom stereocenters. The average Bonchev–Trinajstić information content (AvgIpc) is 2.01. The normalized spacial score (nSPS) is 11.9. The standard InChI is InChI=1S/C11H18/c1-4-6-8-10-11(3)9-7-5-2/h11H,1-2,4-5,7,9-10H2,3H3. The third kappa shape index (κ3) is 7.46. The lowest BCUT2D eigenvalue weighted by Crippen LogP contribution is -1.91. The van der Waals surface area contributed by atoms with E-state index in [-0.39, 0.29) is 0 Å². The van der Waals surface area contributed by atoms with Gasteiger partial charge in [-0.15, -0.1) is 11.8 Å². The highest BCUT2D eigenvalue weighted by Crippen LogP contribution is 2.10. The largest absolute Gasteiger partial charge is 0.103 e. The van der Waals surface area contributed by atoms with Crippen LogP contribution in [0.3, 0.4) is 0 Å². The molecule has 0 aliphatic heterocycles. The minimum Gasteiger partial charge on any atom is -0.103 e. The van der Waals surface area contributed by atoms with Crippen molar-refractivity contribution in [3.63, 3.8) is 0 Å². The molecule has 11 heavy (non-hydrogen) atoms. The van der Waals surface area contributed by atoms with E-state index in [9.17, 15) is 0 Å². The highest BCUT2D eigenvalue weighted by Gasteiger charge is 1.97. The molecule has 0 aromatic heterocycles. The summed E-state index contributed by atoms with van der Waals surface area (Å²) in [5.74, 6) is 6.82. The fourth-order valence-corrected chi connectivity index (χ4v) is 0.930. The van der Waals surface area contributed by atoms with Crippen molar-refractivity contribution in [1.82, 2.24) is 0 Å². The van der Waals surface area contributed by atoms with Crippen molar-refractivity contribution < 1.29 is 0 Å². The maximum Gasteiger partial charge on any atom is 0.0114 e. The van der Waals surface area contributed by atoms with Crippen LogP contribution < -0.4 is 0 Å². The second-order valence-electron chi connectivity index (χ2n) is 2.91. The second-order valence-corrected chi connectivity index (χ2v) is 2.91. The molecule has 0 N–H and O–H groups in total. The Labute approximate surface area is 71.4 Å². The van der Waals surface area contributed by atoms with Crippen LogP contribution in [0.15, 0.2) is 0 Å². The topological polar surface area (TPSA) is 0 Å². The van der Waals surface area contributed by atoms with E-state index in [0.717, 1.165) is 25.2 Å². The van der Waals surface area contributed by atoms with Crippen LogP contribution in [0, 0.1) is 31.6 Å². The van der Waals surface area contributed by atoms with Gasteiger partial charge < -0.3 is 0 Å². The Hall–Kier alpha value is -0.440. The molecular weight excluding hydrogens is 132 g/mol. The van der Waals surface area contributed by atoms with Gasteiger partial charge in [-0.05, 0) is 19.3 Å². The van der Waals surface area contributed by atoms with Crippen molar-refractivity contribution in [2.75, 3.05) is 0 Å². The molecule has 2 radical (unpaired) electrons. The van der Waals surface area contributed by atoms with Crippen LogP contribution in [0.2, 0.25) is 0 Å². The molecule has 62 valence electrons. The van der Waals surface area contributed by atoms with Crippen LogP contribution in [-0.2, 0) is 0 Å². The zero-order valence-corrected chi connectivity index (χ0v) is 7.53. The first-order valence-corrected chi connectivity index (χ1v) is 4.35. The predicted octanol–water partition coefficient (Wildman–Crippen LogP) is 3.24. The van der Waals surface area contributed by atoms with Gasteiger partial charge in [0, 0.05) is 12.8 Å². The fraction of sp³-hybridized carbons (Fsp3) is 0.636. The van der Waals surface area contributed by atoms with Gasteiger partial charge in [-0.3, -0.25) is 0 Å².